The molecule has 0 aliphatic heterocycles. The van der Waals surface area contributed by atoms with Gasteiger partial charge in [-0.15, -0.1) is 0 Å². The lowest BCUT2D eigenvalue weighted by Gasteiger charge is -2.32. The molecule has 0 aliphatic rings. The van der Waals surface area contributed by atoms with E-state index in [2.05, 4.69) is 5.32 Å². The minimum absolute atomic E-state index is 0.138. The zero-order valence-corrected chi connectivity index (χ0v) is 21.1. The molecule has 1 atom stereocenters. The molecule has 0 unspecified atom stereocenters. The van der Waals surface area contributed by atoms with Gasteiger partial charge in [0.1, 0.15) is 24.1 Å². The van der Waals surface area contributed by atoms with Crippen molar-refractivity contribution in [3.05, 3.63) is 54.1 Å². The van der Waals surface area contributed by atoms with Crippen molar-refractivity contribution in [1.82, 2.24) is 10.2 Å². The van der Waals surface area contributed by atoms with E-state index in [0.29, 0.717) is 30.2 Å². The van der Waals surface area contributed by atoms with Gasteiger partial charge in [-0.1, -0.05) is 19.1 Å². The molecule has 0 aliphatic carbocycles. The smallest absolute Gasteiger partial charge is 0.244 e. The molecule has 0 aromatic heterocycles. The summed E-state index contributed by atoms with van der Waals surface area (Å²) in [6, 6.07) is 12.8. The Morgan fingerprint density at radius 2 is 1.47 bits per heavy atom. The first-order chi connectivity index (χ1) is 16.1. The largest absolute Gasteiger partial charge is 0.497 e. The van der Waals surface area contributed by atoms with Crippen LogP contribution in [-0.4, -0.2) is 64.7 Å². The third-order valence-electron chi connectivity index (χ3n) is 5.29. The van der Waals surface area contributed by atoms with Gasteiger partial charge < -0.3 is 19.7 Å². The van der Waals surface area contributed by atoms with Crippen molar-refractivity contribution in [2.75, 3.05) is 37.9 Å². The second kappa shape index (κ2) is 12.3. The molecule has 0 saturated heterocycles. The molecule has 34 heavy (non-hydrogen) atoms. The van der Waals surface area contributed by atoms with E-state index in [4.69, 9.17) is 9.47 Å². The van der Waals surface area contributed by atoms with Crippen LogP contribution in [0.2, 0.25) is 0 Å². The van der Waals surface area contributed by atoms with Gasteiger partial charge in [0.25, 0.3) is 0 Å². The lowest BCUT2D eigenvalue weighted by molar-refractivity contribution is -0.140. The van der Waals surface area contributed by atoms with E-state index in [1.54, 1.807) is 62.6 Å². The van der Waals surface area contributed by atoms with Gasteiger partial charge in [0.15, 0.2) is 0 Å². The fourth-order valence-corrected chi connectivity index (χ4v) is 4.35. The van der Waals surface area contributed by atoms with Crippen LogP contribution < -0.4 is 19.1 Å². The number of methoxy groups -OCH3 is 2. The van der Waals surface area contributed by atoms with Gasteiger partial charge in [0.05, 0.1) is 26.2 Å². The van der Waals surface area contributed by atoms with Gasteiger partial charge in [-0.25, -0.2) is 8.42 Å². The van der Waals surface area contributed by atoms with E-state index in [1.807, 2.05) is 6.92 Å². The highest BCUT2D eigenvalue weighted by Crippen LogP contribution is 2.23. The third-order valence-corrected chi connectivity index (χ3v) is 6.43. The van der Waals surface area contributed by atoms with Crippen molar-refractivity contribution < 1.29 is 27.5 Å². The lowest BCUT2D eigenvalue weighted by atomic mass is 10.1. The molecule has 0 radical (unpaired) electrons. The number of hydrogen-bond acceptors (Lipinski definition) is 6. The highest BCUT2D eigenvalue weighted by Gasteiger charge is 2.31. The van der Waals surface area contributed by atoms with Crippen LogP contribution in [0.25, 0.3) is 0 Å². The first-order valence-electron chi connectivity index (χ1n) is 11.0. The molecule has 9 nitrogen and oxygen atoms in total. The number of nitrogens with one attached hydrogen (secondary N) is 1. The Hall–Kier alpha value is -3.27. The number of anilines is 1. The zero-order chi connectivity index (χ0) is 25.3. The summed E-state index contributed by atoms with van der Waals surface area (Å²) in [5, 5.41) is 2.77. The molecule has 0 saturated carbocycles. The minimum Gasteiger partial charge on any atom is -0.497 e. The van der Waals surface area contributed by atoms with Crippen LogP contribution in [0.4, 0.5) is 5.69 Å². The normalized spacial score (nSPS) is 11.9. The Kier molecular flexibility index (Phi) is 9.73. The Balaban J connectivity index is 2.40. The van der Waals surface area contributed by atoms with Gasteiger partial charge in [-0.3, -0.25) is 13.9 Å². The van der Waals surface area contributed by atoms with Crippen LogP contribution >= 0.6 is 0 Å². The maximum atomic E-state index is 13.5. The lowest BCUT2D eigenvalue weighted by Crippen LogP contribution is -2.52. The molecule has 2 aromatic rings. The van der Waals surface area contributed by atoms with Gasteiger partial charge in [0.2, 0.25) is 21.8 Å². The number of benzene rings is 2. The van der Waals surface area contributed by atoms with Crippen LogP contribution in [0.5, 0.6) is 11.5 Å². The van der Waals surface area contributed by atoms with E-state index in [0.717, 1.165) is 16.1 Å². The monoisotopic (exact) mass is 491 g/mol. The molecule has 0 fully saturated rings. The Labute approximate surface area is 201 Å². The highest BCUT2D eigenvalue weighted by molar-refractivity contribution is 7.92. The average molecular weight is 492 g/mol. The highest BCUT2D eigenvalue weighted by atomic mass is 32.2. The Bertz CT molecular complexity index is 1060. The van der Waals surface area contributed by atoms with Crippen LogP contribution in [0.1, 0.15) is 25.8 Å². The summed E-state index contributed by atoms with van der Waals surface area (Å²) in [7, 11) is -0.711. The molecular weight excluding hydrogens is 458 g/mol. The second-order valence-corrected chi connectivity index (χ2v) is 9.56. The summed E-state index contributed by atoms with van der Waals surface area (Å²) in [5.74, 6) is 0.449. The first-order valence-corrected chi connectivity index (χ1v) is 12.8. The predicted octanol–water partition coefficient (Wildman–Crippen LogP) is 2.41. The summed E-state index contributed by atoms with van der Waals surface area (Å²) in [4.78, 5) is 27.7. The predicted molar refractivity (Wildman–Crippen MR) is 131 cm³/mol. The summed E-state index contributed by atoms with van der Waals surface area (Å²) >= 11 is 0. The number of hydrogen-bond donors (Lipinski definition) is 1. The van der Waals surface area contributed by atoms with Crippen molar-refractivity contribution in [3.63, 3.8) is 0 Å². The molecular formula is C24H33N3O6S. The van der Waals surface area contributed by atoms with Gasteiger partial charge >= 0.3 is 0 Å². The zero-order valence-electron chi connectivity index (χ0n) is 20.3. The van der Waals surface area contributed by atoms with Gasteiger partial charge in [0, 0.05) is 13.1 Å². The number of carbonyl (C=O) groups excluding carboxylic acids is 2. The van der Waals surface area contributed by atoms with E-state index in [-0.39, 0.29) is 12.5 Å². The first kappa shape index (κ1) is 27.0. The van der Waals surface area contributed by atoms with Crippen LogP contribution in [0.15, 0.2) is 48.5 Å². The maximum Gasteiger partial charge on any atom is 0.244 e. The average Bonchev–Trinajstić information content (AvgIpc) is 2.82. The quantitative estimate of drug-likeness (QED) is 0.489. The molecule has 0 spiro atoms. The number of ether oxygens (including phenoxy) is 2. The maximum absolute atomic E-state index is 13.5. The number of amides is 2. The van der Waals surface area contributed by atoms with Crippen LogP contribution in [0.3, 0.4) is 0 Å². The molecule has 0 heterocycles. The number of sulfonamides is 1. The standard InChI is InChI=1S/C24H33N3O6S/c1-6-22(24(29)25-7-2)26(16-18-8-12-20(32-3)13-9-18)23(28)17-27(34(5,30)31)19-10-14-21(33-4)15-11-19/h8-15,22H,6-7,16-17H2,1-5H3,(H,25,29)/t22-/m0/s1. The number of carbonyl (C=O) groups is 2. The van der Waals surface area contributed by atoms with E-state index in [1.165, 1.54) is 12.0 Å². The van der Waals surface area contributed by atoms with Gasteiger partial charge in [-0.2, -0.15) is 0 Å². The molecule has 2 rings (SSSR count). The number of nitrogens with zero attached hydrogens (tertiary/aromatic N) is 2. The molecule has 2 amide bonds. The fourth-order valence-electron chi connectivity index (χ4n) is 3.50. The van der Waals surface area contributed by atoms with E-state index in [9.17, 15) is 18.0 Å². The molecule has 1 N–H and O–H groups in total. The van der Waals surface area contributed by atoms with Crippen LogP contribution in [-0.2, 0) is 26.2 Å². The number of likely N-dealkylation sites (N-methyl/N-ethyl adjacent to an activating group) is 1. The SMILES string of the molecule is CCNC(=O)[C@H](CC)N(Cc1ccc(OC)cc1)C(=O)CN(c1ccc(OC)cc1)S(C)(=O)=O. The topological polar surface area (TPSA) is 105 Å². The summed E-state index contributed by atoms with van der Waals surface area (Å²) in [5.41, 5.74) is 1.11. The third kappa shape index (κ3) is 7.11. The van der Waals surface area contributed by atoms with Crippen molar-refractivity contribution in [2.45, 2.75) is 32.9 Å². The summed E-state index contributed by atoms with van der Waals surface area (Å²) < 4.78 is 36.5. The van der Waals surface area contributed by atoms with Crippen molar-refractivity contribution in [1.29, 1.82) is 0 Å². The molecule has 186 valence electrons. The van der Waals surface area contributed by atoms with Crippen molar-refractivity contribution >= 4 is 27.5 Å². The molecule has 0 bridgehead atoms. The second-order valence-electron chi connectivity index (χ2n) is 7.66. The Morgan fingerprint density at radius 1 is 0.941 bits per heavy atom. The van der Waals surface area contributed by atoms with Crippen molar-refractivity contribution in [2.24, 2.45) is 0 Å². The van der Waals surface area contributed by atoms with E-state index >= 15 is 0 Å². The number of rotatable bonds is 12. The van der Waals surface area contributed by atoms with Crippen molar-refractivity contribution in [3.8, 4) is 11.5 Å². The van der Waals surface area contributed by atoms with Crippen LogP contribution in [0, 0.1) is 0 Å². The minimum atomic E-state index is -3.78. The molecule has 10 heteroatoms. The summed E-state index contributed by atoms with van der Waals surface area (Å²) in [6.07, 6.45) is 1.41. The van der Waals surface area contributed by atoms with E-state index < -0.39 is 28.5 Å². The van der Waals surface area contributed by atoms with Gasteiger partial charge in [-0.05, 0) is 55.3 Å². The fraction of sp³-hybridized carbons (Fsp3) is 0.417. The summed E-state index contributed by atoms with van der Waals surface area (Å²) in [6.45, 7) is 3.72. The molecule has 2 aromatic carbocycles. The Morgan fingerprint density at radius 3 is 1.91 bits per heavy atom.